The van der Waals surface area contributed by atoms with Crippen LogP contribution in [0.25, 0.3) is 0 Å². The number of halogens is 1. The molecule has 0 bridgehead atoms. The van der Waals surface area contributed by atoms with Gasteiger partial charge in [-0.25, -0.2) is 0 Å². The number of ether oxygens (including phenoxy) is 3. The third kappa shape index (κ3) is 7.05. The first-order valence-electron chi connectivity index (χ1n) is 11.0. The minimum atomic E-state index is -1.06. The lowest BCUT2D eigenvalue weighted by molar-refractivity contribution is -0.139. The molecule has 3 N–H and O–H groups in total. The van der Waals surface area contributed by atoms with E-state index in [-0.39, 0.29) is 24.9 Å². The van der Waals surface area contributed by atoms with Crippen molar-refractivity contribution in [2.45, 2.75) is 50.1 Å². The molecule has 0 unspecified atom stereocenters. The van der Waals surface area contributed by atoms with E-state index in [1.807, 2.05) is 18.2 Å². The second kappa shape index (κ2) is 11.8. The molecule has 1 aromatic carbocycles. The van der Waals surface area contributed by atoms with Crippen molar-refractivity contribution in [2.24, 2.45) is 11.8 Å². The lowest BCUT2D eigenvalue weighted by Gasteiger charge is -2.26. The molecule has 2 aliphatic rings. The standard InChI is InChI=1S/C24H31ClO7/c25-17-6-5-7-18(14-17)30-16-24(31-12-13-32-24)11-10-20-19(21(26)15-22(20)27)8-3-1-2-4-9-23(28)29/h1,3,5-7,10-11,14,19-22,26-27H,2,4,8-9,12-13,15-16H2,(H,28,29)/b3-1-,11-10+/t19-,20-,21+,22-/m0/s1. The van der Waals surface area contributed by atoms with Crippen LogP contribution in [0.4, 0.5) is 0 Å². The number of aliphatic carboxylic acids is 1. The summed E-state index contributed by atoms with van der Waals surface area (Å²) in [4.78, 5) is 10.6. The number of carbonyl (C=O) groups is 1. The Kier molecular flexibility index (Phi) is 9.13. The molecule has 1 aliphatic carbocycles. The summed E-state index contributed by atoms with van der Waals surface area (Å²) in [5.41, 5.74) is 0. The first-order valence-corrected chi connectivity index (χ1v) is 11.3. The van der Waals surface area contributed by atoms with Crippen molar-refractivity contribution in [3.8, 4) is 5.75 Å². The molecule has 0 aromatic heterocycles. The van der Waals surface area contributed by atoms with E-state index in [0.29, 0.717) is 49.7 Å². The molecule has 2 fully saturated rings. The first-order chi connectivity index (χ1) is 15.4. The summed E-state index contributed by atoms with van der Waals surface area (Å²) in [6.45, 7) is 0.993. The number of aliphatic hydroxyl groups excluding tert-OH is 2. The predicted molar refractivity (Wildman–Crippen MR) is 120 cm³/mol. The Labute approximate surface area is 193 Å². The molecule has 1 aliphatic heterocycles. The van der Waals surface area contributed by atoms with Crippen LogP contribution in [-0.4, -0.2) is 59.1 Å². The zero-order valence-corrected chi connectivity index (χ0v) is 18.7. The third-order valence-electron chi connectivity index (χ3n) is 5.84. The first kappa shape index (κ1) is 24.7. The van der Waals surface area contributed by atoms with Crippen molar-refractivity contribution in [1.29, 1.82) is 0 Å². The Morgan fingerprint density at radius 3 is 2.72 bits per heavy atom. The van der Waals surface area contributed by atoms with Gasteiger partial charge in [-0.3, -0.25) is 4.79 Å². The molecule has 0 spiro atoms. The van der Waals surface area contributed by atoms with Gasteiger partial charge in [-0.1, -0.05) is 35.9 Å². The summed E-state index contributed by atoms with van der Waals surface area (Å²) in [5, 5.41) is 30.2. The largest absolute Gasteiger partial charge is 0.488 e. The van der Waals surface area contributed by atoms with E-state index >= 15 is 0 Å². The van der Waals surface area contributed by atoms with E-state index in [1.54, 1.807) is 30.3 Å². The van der Waals surface area contributed by atoms with Gasteiger partial charge in [0.25, 0.3) is 0 Å². The lowest BCUT2D eigenvalue weighted by Crippen LogP contribution is -2.35. The minimum absolute atomic E-state index is 0.128. The fourth-order valence-corrected chi connectivity index (χ4v) is 4.33. The maximum absolute atomic E-state index is 10.6. The summed E-state index contributed by atoms with van der Waals surface area (Å²) >= 11 is 6.01. The maximum atomic E-state index is 10.6. The summed E-state index contributed by atoms with van der Waals surface area (Å²) in [6.07, 6.45) is 8.52. The van der Waals surface area contributed by atoms with Crippen molar-refractivity contribution in [3.05, 3.63) is 53.6 Å². The summed E-state index contributed by atoms with van der Waals surface area (Å²) in [7, 11) is 0. The van der Waals surface area contributed by atoms with Crippen molar-refractivity contribution in [2.75, 3.05) is 19.8 Å². The number of hydrogen-bond donors (Lipinski definition) is 3. The molecule has 32 heavy (non-hydrogen) atoms. The Morgan fingerprint density at radius 2 is 2.00 bits per heavy atom. The smallest absolute Gasteiger partial charge is 0.303 e. The van der Waals surface area contributed by atoms with Crippen LogP contribution in [-0.2, 0) is 14.3 Å². The van der Waals surface area contributed by atoms with Gasteiger partial charge in [0, 0.05) is 23.8 Å². The Morgan fingerprint density at radius 1 is 1.22 bits per heavy atom. The number of allylic oxidation sites excluding steroid dienone is 2. The van der Waals surface area contributed by atoms with Crippen LogP contribution in [0.2, 0.25) is 5.02 Å². The number of carboxylic acid groups (broad SMARTS) is 1. The average molecular weight is 467 g/mol. The van der Waals surface area contributed by atoms with Crippen molar-refractivity contribution >= 4 is 17.6 Å². The Hall–Kier alpha value is -1.90. The van der Waals surface area contributed by atoms with E-state index in [2.05, 4.69) is 0 Å². The molecule has 0 amide bonds. The molecule has 1 saturated carbocycles. The molecule has 1 heterocycles. The van der Waals surface area contributed by atoms with Gasteiger partial charge in [-0.2, -0.15) is 0 Å². The summed E-state index contributed by atoms with van der Waals surface area (Å²) in [5.74, 6) is -1.67. The van der Waals surface area contributed by atoms with Gasteiger partial charge < -0.3 is 29.5 Å². The van der Waals surface area contributed by atoms with Crippen LogP contribution in [0, 0.1) is 11.8 Å². The summed E-state index contributed by atoms with van der Waals surface area (Å²) in [6, 6.07) is 7.07. The van der Waals surface area contributed by atoms with Crippen molar-refractivity contribution < 1.29 is 34.3 Å². The fraction of sp³-hybridized carbons (Fsp3) is 0.542. The highest BCUT2D eigenvalue weighted by Crippen LogP contribution is 2.37. The van der Waals surface area contributed by atoms with Crippen molar-refractivity contribution in [3.63, 3.8) is 0 Å². The zero-order chi connectivity index (χ0) is 23.0. The van der Waals surface area contributed by atoms with Gasteiger partial charge in [0.05, 0.1) is 25.4 Å². The van der Waals surface area contributed by atoms with E-state index < -0.39 is 24.0 Å². The molecule has 176 valence electrons. The summed E-state index contributed by atoms with van der Waals surface area (Å²) < 4.78 is 17.5. The van der Waals surface area contributed by atoms with E-state index in [9.17, 15) is 15.0 Å². The van der Waals surface area contributed by atoms with Gasteiger partial charge in [0.1, 0.15) is 12.4 Å². The highest BCUT2D eigenvalue weighted by Gasteiger charge is 2.41. The molecule has 1 aromatic rings. The molecular weight excluding hydrogens is 436 g/mol. The van der Waals surface area contributed by atoms with Crippen molar-refractivity contribution in [1.82, 2.24) is 0 Å². The number of benzene rings is 1. The molecule has 1 saturated heterocycles. The van der Waals surface area contributed by atoms with Crippen LogP contribution in [0.1, 0.15) is 32.1 Å². The second-order valence-corrected chi connectivity index (χ2v) is 8.66. The van der Waals surface area contributed by atoms with Crippen LogP contribution in [0.3, 0.4) is 0 Å². The van der Waals surface area contributed by atoms with Gasteiger partial charge >= 0.3 is 5.97 Å². The maximum Gasteiger partial charge on any atom is 0.303 e. The molecule has 8 heteroatoms. The van der Waals surface area contributed by atoms with E-state index in [0.717, 1.165) is 0 Å². The monoisotopic (exact) mass is 466 g/mol. The van der Waals surface area contributed by atoms with Gasteiger partial charge in [-0.15, -0.1) is 0 Å². The Balaban J connectivity index is 1.61. The SMILES string of the molecule is O=C(O)CCC/C=C\C[C@H]1[C@H](/C=C/C2(COc3cccc(Cl)c3)OCCO2)[C@@H](O)C[C@H]1O. The number of aliphatic hydroxyl groups is 2. The van der Waals surface area contributed by atoms with Crippen LogP contribution in [0.15, 0.2) is 48.6 Å². The number of rotatable bonds is 11. The average Bonchev–Trinajstić information content (AvgIpc) is 3.32. The molecule has 7 nitrogen and oxygen atoms in total. The topological polar surface area (TPSA) is 105 Å². The van der Waals surface area contributed by atoms with Gasteiger partial charge in [0.15, 0.2) is 0 Å². The number of hydrogen-bond acceptors (Lipinski definition) is 6. The molecule has 4 atom stereocenters. The highest BCUT2D eigenvalue weighted by atomic mass is 35.5. The van der Waals surface area contributed by atoms with E-state index in [4.69, 9.17) is 30.9 Å². The Bertz CT molecular complexity index is 803. The van der Waals surface area contributed by atoms with Gasteiger partial charge in [0.2, 0.25) is 5.79 Å². The number of carboxylic acids is 1. The zero-order valence-electron chi connectivity index (χ0n) is 17.9. The molecule has 0 radical (unpaired) electrons. The quantitative estimate of drug-likeness (QED) is 0.338. The minimum Gasteiger partial charge on any atom is -0.488 e. The molecule has 3 rings (SSSR count). The van der Waals surface area contributed by atoms with Crippen LogP contribution >= 0.6 is 11.6 Å². The highest BCUT2D eigenvalue weighted by molar-refractivity contribution is 6.30. The van der Waals surface area contributed by atoms with Crippen LogP contribution in [0.5, 0.6) is 5.75 Å². The number of unbranched alkanes of at least 4 members (excludes halogenated alkanes) is 1. The molecular formula is C24H31ClO7. The lowest BCUT2D eigenvalue weighted by atomic mass is 9.89. The normalized spacial score (nSPS) is 27.5. The third-order valence-corrected chi connectivity index (χ3v) is 6.07. The predicted octanol–water partition coefficient (Wildman–Crippen LogP) is 3.58. The van der Waals surface area contributed by atoms with Crippen LogP contribution < -0.4 is 4.74 Å². The van der Waals surface area contributed by atoms with E-state index in [1.165, 1.54) is 0 Å². The fourth-order valence-electron chi connectivity index (χ4n) is 4.15. The second-order valence-electron chi connectivity index (χ2n) is 8.22. The van der Waals surface area contributed by atoms with Gasteiger partial charge in [-0.05, 0) is 49.5 Å².